The van der Waals surface area contributed by atoms with E-state index in [2.05, 4.69) is 5.32 Å². The number of halogens is 2. The summed E-state index contributed by atoms with van der Waals surface area (Å²) in [5, 5.41) is 2.80. The number of carbonyl (C=O) groups is 1. The second kappa shape index (κ2) is 7.61. The van der Waals surface area contributed by atoms with Crippen molar-refractivity contribution in [3.05, 3.63) is 59.7 Å². The third-order valence-corrected chi connectivity index (χ3v) is 4.36. The zero-order valence-electron chi connectivity index (χ0n) is 13.7. The lowest BCUT2D eigenvalue weighted by Gasteiger charge is -2.12. The zero-order chi connectivity index (χ0) is 17.8. The van der Waals surface area contributed by atoms with Crippen molar-refractivity contribution in [3.63, 3.8) is 0 Å². The lowest BCUT2D eigenvalue weighted by molar-refractivity contribution is -0.125. The van der Waals surface area contributed by atoms with Gasteiger partial charge in [0.25, 0.3) is 0 Å². The molecule has 132 valence electrons. The van der Waals surface area contributed by atoms with Gasteiger partial charge in [-0.1, -0.05) is 18.2 Å². The van der Waals surface area contributed by atoms with E-state index in [1.54, 1.807) is 12.1 Å². The van der Waals surface area contributed by atoms with Gasteiger partial charge < -0.3 is 15.8 Å². The Bertz CT molecular complexity index is 767. The fourth-order valence-electron chi connectivity index (χ4n) is 2.97. The molecular weight excluding hydrogens is 326 g/mol. The second-order valence-electron chi connectivity index (χ2n) is 6.29. The molecule has 0 saturated heterocycles. The number of hydrogen-bond donors (Lipinski definition) is 2. The van der Waals surface area contributed by atoms with Crippen LogP contribution in [0.5, 0.6) is 11.5 Å². The third-order valence-electron chi connectivity index (χ3n) is 4.36. The van der Waals surface area contributed by atoms with Crippen LogP contribution < -0.4 is 15.8 Å². The van der Waals surface area contributed by atoms with Crippen molar-refractivity contribution in [2.75, 3.05) is 0 Å². The number of hydrogen-bond acceptors (Lipinski definition) is 3. The minimum absolute atomic E-state index is 0.0416. The molecule has 6 heteroatoms. The van der Waals surface area contributed by atoms with Gasteiger partial charge in [-0.3, -0.25) is 4.79 Å². The molecule has 1 fully saturated rings. The highest BCUT2D eigenvalue weighted by atomic mass is 19.1. The van der Waals surface area contributed by atoms with E-state index in [9.17, 15) is 13.6 Å². The molecule has 1 amide bonds. The molecule has 25 heavy (non-hydrogen) atoms. The number of rotatable bonds is 5. The molecule has 1 aliphatic carbocycles. The highest BCUT2D eigenvalue weighted by molar-refractivity contribution is 5.79. The molecule has 2 aromatic carbocycles. The molecule has 3 N–H and O–H groups in total. The van der Waals surface area contributed by atoms with Crippen molar-refractivity contribution in [1.29, 1.82) is 0 Å². The molecule has 1 saturated carbocycles. The van der Waals surface area contributed by atoms with E-state index in [0.717, 1.165) is 12.8 Å². The van der Waals surface area contributed by atoms with Crippen LogP contribution in [0.1, 0.15) is 24.8 Å². The van der Waals surface area contributed by atoms with E-state index in [1.165, 1.54) is 30.3 Å². The molecule has 2 atom stereocenters. The van der Waals surface area contributed by atoms with Gasteiger partial charge in [-0.15, -0.1) is 0 Å². The fraction of sp³-hybridized carbons (Fsp3) is 0.316. The van der Waals surface area contributed by atoms with E-state index < -0.39 is 11.6 Å². The van der Waals surface area contributed by atoms with Gasteiger partial charge in [0, 0.05) is 18.5 Å². The molecule has 0 spiro atoms. The predicted molar refractivity (Wildman–Crippen MR) is 90.0 cm³/mol. The first-order valence-corrected chi connectivity index (χ1v) is 8.27. The van der Waals surface area contributed by atoms with Crippen molar-refractivity contribution in [2.45, 2.75) is 31.8 Å². The van der Waals surface area contributed by atoms with Crippen LogP contribution in [-0.4, -0.2) is 11.9 Å². The topological polar surface area (TPSA) is 64.4 Å². The molecule has 2 aromatic rings. The number of nitrogens with two attached hydrogens (primary N) is 1. The number of carbonyl (C=O) groups excluding carboxylic acids is 1. The Kier molecular flexibility index (Phi) is 5.28. The SMILES string of the molecule is N[C@H]1CC[C@@H](C(=O)NCc2ccc(Oc3ccccc3F)c(F)c2)C1. The molecule has 3 rings (SSSR count). The van der Waals surface area contributed by atoms with E-state index >= 15 is 0 Å². The first-order chi connectivity index (χ1) is 12.0. The molecule has 0 bridgehead atoms. The van der Waals surface area contributed by atoms with E-state index in [4.69, 9.17) is 10.5 Å². The van der Waals surface area contributed by atoms with Crippen LogP contribution in [0.25, 0.3) is 0 Å². The summed E-state index contributed by atoms with van der Waals surface area (Å²) in [6, 6.07) is 10.2. The third kappa shape index (κ3) is 4.33. The quantitative estimate of drug-likeness (QED) is 0.871. The Hall–Kier alpha value is -2.47. The molecule has 0 aromatic heterocycles. The van der Waals surface area contributed by atoms with Crippen LogP contribution in [0.15, 0.2) is 42.5 Å². The summed E-state index contributed by atoms with van der Waals surface area (Å²) in [5.74, 6) is -1.41. The van der Waals surface area contributed by atoms with Gasteiger partial charge in [0.2, 0.25) is 5.91 Å². The summed E-state index contributed by atoms with van der Waals surface area (Å²) in [4.78, 5) is 12.1. The number of benzene rings is 2. The van der Waals surface area contributed by atoms with Crippen LogP contribution in [0.3, 0.4) is 0 Å². The van der Waals surface area contributed by atoms with Gasteiger partial charge >= 0.3 is 0 Å². The largest absolute Gasteiger partial charge is 0.451 e. The lowest BCUT2D eigenvalue weighted by Crippen LogP contribution is -2.30. The minimum atomic E-state index is -0.613. The van der Waals surface area contributed by atoms with Crippen LogP contribution in [0.2, 0.25) is 0 Å². The van der Waals surface area contributed by atoms with Gasteiger partial charge in [0.1, 0.15) is 0 Å². The van der Waals surface area contributed by atoms with E-state index in [1.807, 2.05) is 0 Å². The summed E-state index contributed by atoms with van der Waals surface area (Å²) >= 11 is 0. The lowest BCUT2D eigenvalue weighted by atomic mass is 10.1. The summed E-state index contributed by atoms with van der Waals surface area (Å²) in [5.41, 5.74) is 6.42. The highest BCUT2D eigenvalue weighted by Gasteiger charge is 2.27. The summed E-state index contributed by atoms with van der Waals surface area (Å²) in [7, 11) is 0. The molecule has 0 unspecified atom stereocenters. The van der Waals surface area contributed by atoms with Crippen molar-refractivity contribution < 1.29 is 18.3 Å². The molecule has 0 aliphatic heterocycles. The van der Waals surface area contributed by atoms with E-state index in [0.29, 0.717) is 12.0 Å². The number of para-hydroxylation sites is 1. The molecule has 0 heterocycles. The number of nitrogens with one attached hydrogen (secondary N) is 1. The number of amides is 1. The number of ether oxygens (including phenoxy) is 1. The van der Waals surface area contributed by atoms with Gasteiger partial charge in [-0.25, -0.2) is 8.78 Å². The van der Waals surface area contributed by atoms with Crippen LogP contribution in [0.4, 0.5) is 8.78 Å². The van der Waals surface area contributed by atoms with Crippen LogP contribution >= 0.6 is 0 Å². The first-order valence-electron chi connectivity index (χ1n) is 8.27. The Morgan fingerprint density at radius 3 is 2.56 bits per heavy atom. The fourth-order valence-corrected chi connectivity index (χ4v) is 2.97. The van der Waals surface area contributed by atoms with Gasteiger partial charge in [-0.05, 0) is 49.1 Å². The van der Waals surface area contributed by atoms with Crippen molar-refractivity contribution >= 4 is 5.91 Å². The Labute approximate surface area is 145 Å². The van der Waals surface area contributed by atoms with Crippen molar-refractivity contribution in [2.24, 2.45) is 11.7 Å². The Balaban J connectivity index is 1.60. The molecule has 0 radical (unpaired) electrons. The smallest absolute Gasteiger partial charge is 0.223 e. The minimum Gasteiger partial charge on any atom is -0.451 e. The summed E-state index contributed by atoms with van der Waals surface area (Å²) in [6.45, 7) is 0.224. The standard InChI is InChI=1S/C19H20F2N2O2/c20-15-3-1-2-4-17(15)25-18-8-5-12(9-16(18)21)11-23-19(24)13-6-7-14(22)10-13/h1-5,8-9,13-14H,6-7,10-11,22H2,(H,23,24)/t13-,14+/m1/s1. The van der Waals surface area contributed by atoms with Crippen molar-refractivity contribution in [1.82, 2.24) is 5.32 Å². The summed E-state index contributed by atoms with van der Waals surface area (Å²) in [6.07, 6.45) is 2.33. The summed E-state index contributed by atoms with van der Waals surface area (Å²) < 4.78 is 33.0. The first kappa shape index (κ1) is 17.4. The molecular formula is C19H20F2N2O2. The maximum atomic E-state index is 14.2. The maximum Gasteiger partial charge on any atom is 0.223 e. The zero-order valence-corrected chi connectivity index (χ0v) is 13.7. The van der Waals surface area contributed by atoms with Crippen molar-refractivity contribution in [3.8, 4) is 11.5 Å². The average Bonchev–Trinajstić information content (AvgIpc) is 3.03. The van der Waals surface area contributed by atoms with E-state index in [-0.39, 0.29) is 35.9 Å². The molecule has 4 nitrogen and oxygen atoms in total. The van der Waals surface area contributed by atoms with Crippen LogP contribution in [0, 0.1) is 17.6 Å². The maximum absolute atomic E-state index is 14.2. The average molecular weight is 346 g/mol. The van der Waals surface area contributed by atoms with Gasteiger partial charge in [-0.2, -0.15) is 0 Å². The Morgan fingerprint density at radius 2 is 1.88 bits per heavy atom. The Morgan fingerprint density at radius 1 is 1.12 bits per heavy atom. The van der Waals surface area contributed by atoms with Gasteiger partial charge in [0.15, 0.2) is 23.1 Å². The normalized spacial score (nSPS) is 19.6. The predicted octanol–water partition coefficient (Wildman–Crippen LogP) is 3.50. The monoisotopic (exact) mass is 346 g/mol. The highest BCUT2D eigenvalue weighted by Crippen LogP contribution is 2.27. The second-order valence-corrected chi connectivity index (χ2v) is 6.29. The van der Waals surface area contributed by atoms with Gasteiger partial charge in [0.05, 0.1) is 0 Å². The van der Waals surface area contributed by atoms with Crippen LogP contribution in [-0.2, 0) is 11.3 Å². The molecule has 1 aliphatic rings.